The van der Waals surface area contributed by atoms with Gasteiger partial charge in [0.15, 0.2) is 0 Å². The Hall–Kier alpha value is -1.82. The van der Waals surface area contributed by atoms with Gasteiger partial charge in [0.2, 0.25) is 5.91 Å². The molecule has 1 saturated heterocycles. The molecule has 4 rings (SSSR count). The van der Waals surface area contributed by atoms with Gasteiger partial charge in [-0.3, -0.25) is 9.69 Å². The highest BCUT2D eigenvalue weighted by Gasteiger charge is 2.30. The second-order valence-electron chi connectivity index (χ2n) is 7.81. The third kappa shape index (κ3) is 5.71. The summed E-state index contributed by atoms with van der Waals surface area (Å²) in [7, 11) is 2.12. The first-order chi connectivity index (χ1) is 14.5. The van der Waals surface area contributed by atoms with Gasteiger partial charge in [0, 0.05) is 42.8 Å². The van der Waals surface area contributed by atoms with E-state index in [9.17, 15) is 4.79 Å². The van der Waals surface area contributed by atoms with Crippen LogP contribution in [0.3, 0.4) is 0 Å². The molecule has 0 spiro atoms. The number of halogens is 3. The maximum Gasteiger partial charge on any atom is 0.242 e. The highest BCUT2D eigenvalue weighted by molar-refractivity contribution is 6.34. The first kappa shape index (κ1) is 23.8. The van der Waals surface area contributed by atoms with Crippen LogP contribution < -0.4 is 5.32 Å². The van der Waals surface area contributed by atoms with Crippen LogP contribution in [0, 0.1) is 0 Å². The minimum atomic E-state index is -0.348. The molecular formula is C24H26Cl3N3O. The van der Waals surface area contributed by atoms with Crippen LogP contribution in [0.1, 0.15) is 17.2 Å². The van der Waals surface area contributed by atoms with E-state index in [0.29, 0.717) is 16.6 Å². The van der Waals surface area contributed by atoms with Crippen LogP contribution in [0.2, 0.25) is 10.0 Å². The molecule has 3 aromatic rings. The van der Waals surface area contributed by atoms with E-state index >= 15 is 0 Å². The second-order valence-corrected chi connectivity index (χ2v) is 8.68. The molecule has 1 amide bonds. The lowest BCUT2D eigenvalue weighted by molar-refractivity contribution is -0.127. The normalized spacial score (nSPS) is 16.0. The van der Waals surface area contributed by atoms with Crippen LogP contribution in [0.25, 0.3) is 10.8 Å². The zero-order valence-corrected chi connectivity index (χ0v) is 19.7. The molecule has 1 aliphatic heterocycles. The summed E-state index contributed by atoms with van der Waals surface area (Å²) in [6, 6.07) is 19.4. The Morgan fingerprint density at radius 1 is 0.968 bits per heavy atom. The van der Waals surface area contributed by atoms with Crippen molar-refractivity contribution < 1.29 is 4.79 Å². The second kappa shape index (κ2) is 10.7. The number of nitrogens with zero attached hydrogens (tertiary/aromatic N) is 2. The summed E-state index contributed by atoms with van der Waals surface area (Å²) in [5, 5.41) is 6.50. The molecule has 0 aliphatic carbocycles. The fourth-order valence-electron chi connectivity index (χ4n) is 4.07. The quantitative estimate of drug-likeness (QED) is 0.549. The molecule has 1 atom stereocenters. The van der Waals surface area contributed by atoms with Gasteiger partial charge in [-0.05, 0) is 47.1 Å². The fourth-order valence-corrected chi connectivity index (χ4v) is 4.64. The lowest BCUT2D eigenvalue weighted by Crippen LogP contribution is -2.49. The predicted octanol–water partition coefficient (Wildman–Crippen LogP) is 5.17. The number of hydrogen-bond donors (Lipinski definition) is 1. The Bertz CT molecular complexity index is 1030. The highest BCUT2D eigenvalue weighted by Crippen LogP contribution is 2.30. The van der Waals surface area contributed by atoms with E-state index < -0.39 is 0 Å². The third-order valence-corrected chi connectivity index (χ3v) is 6.09. The van der Waals surface area contributed by atoms with Gasteiger partial charge in [-0.2, -0.15) is 0 Å². The number of benzene rings is 3. The van der Waals surface area contributed by atoms with Crippen molar-refractivity contribution >= 4 is 52.3 Å². The molecule has 31 heavy (non-hydrogen) atoms. The van der Waals surface area contributed by atoms with Gasteiger partial charge >= 0.3 is 0 Å². The lowest BCUT2D eigenvalue weighted by atomic mass is 9.96. The topological polar surface area (TPSA) is 35.6 Å². The van der Waals surface area contributed by atoms with Crippen molar-refractivity contribution in [1.29, 1.82) is 0 Å². The van der Waals surface area contributed by atoms with Gasteiger partial charge in [-0.25, -0.2) is 0 Å². The smallest absolute Gasteiger partial charge is 0.242 e. The summed E-state index contributed by atoms with van der Waals surface area (Å²) in [6.45, 7) is 3.96. The SMILES string of the molecule is CN1CCN(C(C(=O)NCc2cc(Cl)cc(Cl)c2)c2cccc3ccccc23)CC1.Cl. The Kier molecular flexibility index (Phi) is 8.20. The van der Waals surface area contributed by atoms with Crippen LogP contribution in [-0.4, -0.2) is 48.9 Å². The zero-order valence-electron chi connectivity index (χ0n) is 17.4. The molecule has 3 aromatic carbocycles. The van der Waals surface area contributed by atoms with Gasteiger partial charge in [0.1, 0.15) is 6.04 Å². The highest BCUT2D eigenvalue weighted by atomic mass is 35.5. The number of amides is 1. The molecule has 4 nitrogen and oxygen atoms in total. The number of carbonyl (C=O) groups excluding carboxylic acids is 1. The predicted molar refractivity (Wildman–Crippen MR) is 131 cm³/mol. The van der Waals surface area contributed by atoms with Crippen LogP contribution in [0.5, 0.6) is 0 Å². The van der Waals surface area contributed by atoms with Crippen molar-refractivity contribution in [3.05, 3.63) is 81.8 Å². The molecule has 1 heterocycles. The first-order valence-corrected chi connectivity index (χ1v) is 10.9. The molecule has 1 unspecified atom stereocenters. The van der Waals surface area contributed by atoms with Gasteiger partial charge < -0.3 is 10.2 Å². The van der Waals surface area contributed by atoms with E-state index in [4.69, 9.17) is 23.2 Å². The van der Waals surface area contributed by atoms with Gasteiger partial charge in [-0.15, -0.1) is 12.4 Å². The summed E-state index contributed by atoms with van der Waals surface area (Å²) < 4.78 is 0. The van der Waals surface area contributed by atoms with E-state index in [1.54, 1.807) is 6.07 Å². The summed E-state index contributed by atoms with van der Waals surface area (Å²) >= 11 is 12.2. The molecule has 0 radical (unpaired) electrons. The Morgan fingerprint density at radius 3 is 2.32 bits per heavy atom. The number of piperazine rings is 1. The largest absolute Gasteiger partial charge is 0.350 e. The van der Waals surface area contributed by atoms with Crippen molar-refractivity contribution in [2.24, 2.45) is 0 Å². The minimum Gasteiger partial charge on any atom is -0.350 e. The summed E-state index contributed by atoms with van der Waals surface area (Å²) in [5.41, 5.74) is 1.93. The average Bonchev–Trinajstić information content (AvgIpc) is 2.73. The van der Waals surface area contributed by atoms with Crippen molar-refractivity contribution in [3.8, 4) is 0 Å². The van der Waals surface area contributed by atoms with Crippen molar-refractivity contribution in [2.45, 2.75) is 12.6 Å². The van der Waals surface area contributed by atoms with Crippen LogP contribution in [0.4, 0.5) is 0 Å². The third-order valence-electron chi connectivity index (χ3n) is 5.66. The number of likely N-dealkylation sites (N-methyl/N-ethyl adjacent to an activating group) is 1. The molecule has 0 saturated carbocycles. The number of nitrogens with one attached hydrogen (secondary N) is 1. The minimum absolute atomic E-state index is 0. The van der Waals surface area contributed by atoms with Gasteiger partial charge in [0.25, 0.3) is 0 Å². The standard InChI is InChI=1S/C24H25Cl2N3O.ClH/c1-28-9-11-29(12-10-28)23(22-8-4-6-18-5-2-3-7-21(18)22)24(30)27-16-17-13-19(25)15-20(26)14-17;/h2-8,13-15,23H,9-12,16H2,1H3,(H,27,30);1H. The lowest BCUT2D eigenvalue weighted by Gasteiger charge is -2.37. The molecule has 0 bridgehead atoms. The number of rotatable bonds is 5. The van der Waals surface area contributed by atoms with Gasteiger partial charge in [0.05, 0.1) is 0 Å². The molecule has 1 N–H and O–H groups in total. The number of fused-ring (bicyclic) bond motifs is 1. The van der Waals surface area contributed by atoms with E-state index in [1.807, 2.05) is 30.3 Å². The summed E-state index contributed by atoms with van der Waals surface area (Å²) in [6.07, 6.45) is 0. The van der Waals surface area contributed by atoms with Crippen LogP contribution >= 0.6 is 35.6 Å². The monoisotopic (exact) mass is 477 g/mol. The van der Waals surface area contributed by atoms with Crippen molar-refractivity contribution in [3.63, 3.8) is 0 Å². The van der Waals surface area contributed by atoms with Crippen molar-refractivity contribution in [2.75, 3.05) is 33.2 Å². The molecule has 7 heteroatoms. The molecule has 1 fully saturated rings. The molecule has 1 aliphatic rings. The first-order valence-electron chi connectivity index (χ1n) is 10.1. The van der Waals surface area contributed by atoms with E-state index in [2.05, 4.69) is 46.4 Å². The molecule has 0 aromatic heterocycles. The van der Waals surface area contributed by atoms with Crippen LogP contribution in [-0.2, 0) is 11.3 Å². The van der Waals surface area contributed by atoms with E-state index in [1.165, 1.54) is 0 Å². The van der Waals surface area contributed by atoms with Gasteiger partial charge in [-0.1, -0.05) is 65.7 Å². The summed E-state index contributed by atoms with van der Waals surface area (Å²) in [4.78, 5) is 18.1. The van der Waals surface area contributed by atoms with E-state index in [-0.39, 0.29) is 24.4 Å². The molecular weight excluding hydrogens is 453 g/mol. The number of hydrogen-bond acceptors (Lipinski definition) is 3. The van der Waals surface area contributed by atoms with Crippen molar-refractivity contribution in [1.82, 2.24) is 15.1 Å². The Labute approximate surface area is 199 Å². The maximum absolute atomic E-state index is 13.5. The molecule has 164 valence electrons. The Morgan fingerprint density at radius 2 is 1.61 bits per heavy atom. The van der Waals surface area contributed by atoms with Crippen LogP contribution in [0.15, 0.2) is 60.7 Å². The Balaban J connectivity index is 0.00000272. The summed E-state index contributed by atoms with van der Waals surface area (Å²) in [5.74, 6) is -0.00740. The maximum atomic E-state index is 13.5. The number of carbonyl (C=O) groups is 1. The average molecular weight is 479 g/mol. The van der Waals surface area contributed by atoms with E-state index in [0.717, 1.165) is 48.1 Å². The fraction of sp³-hybridized carbons (Fsp3) is 0.292. The zero-order chi connectivity index (χ0) is 21.1.